The first-order chi connectivity index (χ1) is 12.8. The SMILES string of the molecule is O=C(COC(=O)c1cccs1)Nc1cc(C(F)(F)F)ccc1N1CCCC1. The largest absolute Gasteiger partial charge is 0.451 e. The molecule has 0 aliphatic carbocycles. The van der Waals surface area contributed by atoms with Gasteiger partial charge in [-0.25, -0.2) is 4.79 Å². The van der Waals surface area contributed by atoms with Crippen LogP contribution in [0.2, 0.25) is 0 Å². The van der Waals surface area contributed by atoms with Crippen LogP contribution in [0, 0.1) is 0 Å². The molecule has 0 atom stereocenters. The van der Waals surface area contributed by atoms with E-state index in [9.17, 15) is 22.8 Å². The van der Waals surface area contributed by atoms with E-state index in [1.54, 1.807) is 17.5 Å². The van der Waals surface area contributed by atoms with Crippen molar-refractivity contribution < 1.29 is 27.5 Å². The molecule has 0 radical (unpaired) electrons. The highest BCUT2D eigenvalue weighted by atomic mass is 32.1. The summed E-state index contributed by atoms with van der Waals surface area (Å²) in [5.74, 6) is -1.34. The topological polar surface area (TPSA) is 58.6 Å². The molecule has 1 N–H and O–H groups in total. The first kappa shape index (κ1) is 19.2. The van der Waals surface area contributed by atoms with Crippen LogP contribution in [-0.2, 0) is 15.7 Å². The van der Waals surface area contributed by atoms with E-state index in [2.05, 4.69) is 5.32 Å². The number of carbonyl (C=O) groups excluding carboxylic acids is 2. The molecule has 2 heterocycles. The summed E-state index contributed by atoms with van der Waals surface area (Å²) >= 11 is 1.17. The van der Waals surface area contributed by atoms with Gasteiger partial charge in [0.25, 0.3) is 5.91 Å². The lowest BCUT2D eigenvalue weighted by Gasteiger charge is -2.23. The number of hydrogen-bond acceptors (Lipinski definition) is 5. The summed E-state index contributed by atoms with van der Waals surface area (Å²) < 4.78 is 44.0. The van der Waals surface area contributed by atoms with Crippen molar-refractivity contribution in [3.8, 4) is 0 Å². The highest BCUT2D eigenvalue weighted by Gasteiger charge is 2.32. The van der Waals surface area contributed by atoms with Gasteiger partial charge in [0.2, 0.25) is 0 Å². The van der Waals surface area contributed by atoms with Crippen LogP contribution < -0.4 is 10.2 Å². The van der Waals surface area contributed by atoms with Crippen molar-refractivity contribution >= 4 is 34.6 Å². The van der Waals surface area contributed by atoms with Crippen molar-refractivity contribution in [3.63, 3.8) is 0 Å². The van der Waals surface area contributed by atoms with Crippen LogP contribution in [0.25, 0.3) is 0 Å². The number of benzene rings is 1. The number of anilines is 2. The molecule has 1 amide bonds. The molecule has 3 rings (SSSR count). The second kappa shape index (κ2) is 7.99. The van der Waals surface area contributed by atoms with E-state index in [-0.39, 0.29) is 5.69 Å². The summed E-state index contributed by atoms with van der Waals surface area (Å²) in [6.45, 7) is 0.843. The Morgan fingerprint density at radius 1 is 1.19 bits per heavy atom. The van der Waals surface area contributed by atoms with E-state index in [0.717, 1.165) is 25.0 Å². The third-order valence-electron chi connectivity index (χ3n) is 4.10. The minimum Gasteiger partial charge on any atom is -0.451 e. The fourth-order valence-corrected chi connectivity index (χ4v) is 3.45. The van der Waals surface area contributed by atoms with Crippen molar-refractivity contribution in [2.45, 2.75) is 19.0 Å². The lowest BCUT2D eigenvalue weighted by atomic mass is 10.1. The van der Waals surface area contributed by atoms with Crippen molar-refractivity contribution in [2.24, 2.45) is 0 Å². The monoisotopic (exact) mass is 398 g/mol. The van der Waals surface area contributed by atoms with Crippen molar-refractivity contribution in [3.05, 3.63) is 46.2 Å². The zero-order valence-corrected chi connectivity index (χ0v) is 15.0. The van der Waals surface area contributed by atoms with Gasteiger partial charge in [-0.15, -0.1) is 11.3 Å². The standard InChI is InChI=1S/C18H17F3N2O3S/c19-18(20,21)12-5-6-14(23-7-1-2-8-23)13(10-12)22-16(24)11-26-17(25)15-4-3-9-27-15/h3-6,9-10H,1-2,7-8,11H2,(H,22,24). The number of rotatable bonds is 5. The minimum absolute atomic E-state index is 0.0592. The second-order valence-corrected chi connectivity index (χ2v) is 6.97. The van der Waals surface area contributed by atoms with E-state index >= 15 is 0 Å². The Labute approximate surface area is 157 Å². The Bertz CT molecular complexity index is 816. The third-order valence-corrected chi connectivity index (χ3v) is 4.95. The van der Waals surface area contributed by atoms with Gasteiger partial charge in [-0.2, -0.15) is 13.2 Å². The molecule has 0 saturated carbocycles. The fraction of sp³-hybridized carbons (Fsp3) is 0.333. The summed E-state index contributed by atoms with van der Waals surface area (Å²) in [5.41, 5.74) is -0.265. The molecule has 5 nitrogen and oxygen atoms in total. The minimum atomic E-state index is -4.52. The molecule has 9 heteroatoms. The maximum atomic E-state index is 13.0. The van der Waals surface area contributed by atoms with Crippen molar-refractivity contribution in [1.82, 2.24) is 0 Å². The molecule has 1 aliphatic rings. The van der Waals surface area contributed by atoms with Gasteiger partial charge in [0, 0.05) is 13.1 Å². The quantitative estimate of drug-likeness (QED) is 0.769. The van der Waals surface area contributed by atoms with Gasteiger partial charge >= 0.3 is 12.1 Å². The molecule has 0 bridgehead atoms. The maximum Gasteiger partial charge on any atom is 0.416 e. The fourth-order valence-electron chi connectivity index (χ4n) is 2.83. The molecule has 2 aromatic rings. The van der Waals surface area contributed by atoms with Crippen LogP contribution in [0.1, 0.15) is 28.1 Å². The van der Waals surface area contributed by atoms with Crippen molar-refractivity contribution in [1.29, 1.82) is 0 Å². The van der Waals surface area contributed by atoms with Crippen LogP contribution in [0.4, 0.5) is 24.5 Å². The van der Waals surface area contributed by atoms with E-state index in [4.69, 9.17) is 4.74 Å². The van der Waals surface area contributed by atoms with E-state index < -0.39 is 30.2 Å². The van der Waals surface area contributed by atoms with E-state index in [1.807, 2.05) is 4.90 Å². The van der Waals surface area contributed by atoms with E-state index in [0.29, 0.717) is 23.7 Å². The Balaban J connectivity index is 1.72. The molecular formula is C18H17F3N2O3S. The molecule has 144 valence electrons. The number of thiophene rings is 1. The molecule has 0 unspecified atom stereocenters. The predicted molar refractivity (Wildman–Crippen MR) is 96.1 cm³/mol. The number of esters is 1. The molecule has 27 heavy (non-hydrogen) atoms. The van der Waals surface area contributed by atoms with Gasteiger partial charge in [-0.3, -0.25) is 4.79 Å². The average molecular weight is 398 g/mol. The summed E-state index contributed by atoms with van der Waals surface area (Å²) in [5, 5.41) is 4.14. The van der Waals surface area contributed by atoms with Crippen LogP contribution >= 0.6 is 11.3 Å². The number of hydrogen-bond donors (Lipinski definition) is 1. The summed E-state index contributed by atoms with van der Waals surface area (Å²) in [4.78, 5) is 26.2. The number of ether oxygens (including phenoxy) is 1. The molecule has 1 aliphatic heterocycles. The second-order valence-electron chi connectivity index (χ2n) is 6.03. The summed E-state index contributed by atoms with van der Waals surface area (Å²) in [6, 6.07) is 6.50. The molecule has 0 spiro atoms. The number of amides is 1. The summed E-state index contributed by atoms with van der Waals surface area (Å²) in [6.07, 6.45) is -2.64. The predicted octanol–water partition coefficient (Wildman–Crippen LogP) is 4.16. The lowest BCUT2D eigenvalue weighted by molar-refractivity contribution is -0.137. The van der Waals surface area contributed by atoms with Crippen molar-refractivity contribution in [2.75, 3.05) is 29.9 Å². The highest BCUT2D eigenvalue weighted by Crippen LogP contribution is 2.36. The van der Waals surface area contributed by atoms with Gasteiger partial charge in [0.05, 0.1) is 16.9 Å². The van der Waals surface area contributed by atoms with Crippen LogP contribution in [0.5, 0.6) is 0 Å². The first-order valence-electron chi connectivity index (χ1n) is 8.31. The normalized spacial score (nSPS) is 14.3. The van der Waals surface area contributed by atoms with Gasteiger partial charge < -0.3 is 15.0 Å². The number of carbonyl (C=O) groups is 2. The zero-order chi connectivity index (χ0) is 19.4. The van der Waals surface area contributed by atoms with Gasteiger partial charge in [-0.1, -0.05) is 6.07 Å². The van der Waals surface area contributed by atoms with Crippen LogP contribution in [0.3, 0.4) is 0 Å². The smallest absolute Gasteiger partial charge is 0.416 e. The number of nitrogens with zero attached hydrogens (tertiary/aromatic N) is 1. The maximum absolute atomic E-state index is 13.0. The van der Waals surface area contributed by atoms with Crippen LogP contribution in [0.15, 0.2) is 35.7 Å². The van der Waals surface area contributed by atoms with Crippen LogP contribution in [-0.4, -0.2) is 31.6 Å². The average Bonchev–Trinajstić information content (AvgIpc) is 3.32. The Kier molecular flexibility index (Phi) is 5.69. The summed E-state index contributed by atoms with van der Waals surface area (Å²) in [7, 11) is 0. The Hall–Kier alpha value is -2.55. The van der Waals surface area contributed by atoms with Gasteiger partial charge in [-0.05, 0) is 42.5 Å². The molecule has 1 saturated heterocycles. The number of halogens is 3. The third kappa shape index (κ3) is 4.79. The highest BCUT2D eigenvalue weighted by molar-refractivity contribution is 7.11. The molecular weight excluding hydrogens is 381 g/mol. The molecule has 1 aromatic carbocycles. The molecule has 1 fully saturated rings. The van der Waals surface area contributed by atoms with E-state index in [1.165, 1.54) is 17.4 Å². The lowest BCUT2D eigenvalue weighted by Crippen LogP contribution is -2.24. The van der Waals surface area contributed by atoms with Gasteiger partial charge in [0.1, 0.15) is 4.88 Å². The van der Waals surface area contributed by atoms with Gasteiger partial charge in [0.15, 0.2) is 6.61 Å². The Morgan fingerprint density at radius 3 is 2.56 bits per heavy atom. The molecule has 1 aromatic heterocycles. The first-order valence-corrected chi connectivity index (χ1v) is 9.19. The number of alkyl halides is 3. The Morgan fingerprint density at radius 2 is 1.93 bits per heavy atom. The zero-order valence-electron chi connectivity index (χ0n) is 14.2. The number of nitrogens with one attached hydrogen (secondary N) is 1.